The number of rotatable bonds is 2. The zero-order valence-electron chi connectivity index (χ0n) is 9.45. The summed E-state index contributed by atoms with van der Waals surface area (Å²) in [6, 6.07) is 8.62. The second kappa shape index (κ2) is 5.87. The fourth-order valence-corrected chi connectivity index (χ4v) is 2.22. The SMILES string of the molecule is O=C(Nc1ccc(F)cc1Br)c1ccc(I)c(O)c1. The number of carbonyl (C=O) groups excluding carboxylic acids is 1. The van der Waals surface area contributed by atoms with E-state index in [1.54, 1.807) is 12.1 Å². The molecule has 19 heavy (non-hydrogen) atoms. The van der Waals surface area contributed by atoms with Gasteiger partial charge in [-0.1, -0.05) is 0 Å². The molecular weight excluding hydrogens is 428 g/mol. The van der Waals surface area contributed by atoms with Gasteiger partial charge < -0.3 is 10.4 Å². The number of anilines is 1. The van der Waals surface area contributed by atoms with Crippen molar-refractivity contribution in [3.63, 3.8) is 0 Å². The van der Waals surface area contributed by atoms with Gasteiger partial charge in [-0.3, -0.25) is 4.79 Å². The van der Waals surface area contributed by atoms with Crippen molar-refractivity contribution in [1.29, 1.82) is 0 Å². The molecule has 0 aromatic heterocycles. The molecule has 0 fully saturated rings. The van der Waals surface area contributed by atoms with Crippen LogP contribution in [0.3, 0.4) is 0 Å². The molecule has 0 atom stereocenters. The van der Waals surface area contributed by atoms with E-state index in [9.17, 15) is 14.3 Å². The van der Waals surface area contributed by atoms with E-state index in [1.165, 1.54) is 24.3 Å². The first-order valence-corrected chi connectivity index (χ1v) is 7.09. The molecule has 0 heterocycles. The van der Waals surface area contributed by atoms with E-state index in [0.29, 0.717) is 19.3 Å². The van der Waals surface area contributed by atoms with Gasteiger partial charge in [0.2, 0.25) is 0 Å². The summed E-state index contributed by atoms with van der Waals surface area (Å²) in [6.45, 7) is 0. The van der Waals surface area contributed by atoms with Gasteiger partial charge in [0.1, 0.15) is 11.6 Å². The molecule has 2 rings (SSSR count). The van der Waals surface area contributed by atoms with Crippen molar-refractivity contribution in [2.75, 3.05) is 5.32 Å². The molecule has 0 unspecified atom stereocenters. The van der Waals surface area contributed by atoms with Crippen molar-refractivity contribution in [3.8, 4) is 5.75 Å². The molecule has 1 amide bonds. The van der Waals surface area contributed by atoms with Crippen molar-refractivity contribution in [1.82, 2.24) is 0 Å². The van der Waals surface area contributed by atoms with Crippen molar-refractivity contribution < 1.29 is 14.3 Å². The van der Waals surface area contributed by atoms with Crippen molar-refractivity contribution in [3.05, 3.63) is 55.8 Å². The number of hydrogen-bond donors (Lipinski definition) is 2. The number of amides is 1. The Morgan fingerprint density at radius 3 is 2.63 bits per heavy atom. The Labute approximate surface area is 131 Å². The van der Waals surface area contributed by atoms with Crippen molar-refractivity contribution in [2.24, 2.45) is 0 Å². The van der Waals surface area contributed by atoms with Crippen LogP contribution < -0.4 is 5.32 Å². The summed E-state index contributed by atoms with van der Waals surface area (Å²) in [5, 5.41) is 12.2. The molecule has 0 aliphatic carbocycles. The Morgan fingerprint density at radius 1 is 1.26 bits per heavy atom. The first-order chi connectivity index (χ1) is 8.97. The summed E-state index contributed by atoms with van der Waals surface area (Å²) < 4.78 is 14.0. The summed E-state index contributed by atoms with van der Waals surface area (Å²) in [7, 11) is 0. The number of phenols is 1. The lowest BCUT2D eigenvalue weighted by molar-refractivity contribution is 0.102. The Kier molecular flexibility index (Phi) is 4.41. The maximum Gasteiger partial charge on any atom is 0.255 e. The lowest BCUT2D eigenvalue weighted by Gasteiger charge is -2.08. The van der Waals surface area contributed by atoms with E-state index in [0.717, 1.165) is 0 Å². The molecule has 3 nitrogen and oxygen atoms in total. The summed E-state index contributed by atoms with van der Waals surface area (Å²) >= 11 is 5.14. The summed E-state index contributed by atoms with van der Waals surface area (Å²) in [5.74, 6) is -0.720. The van der Waals surface area contributed by atoms with Crippen LogP contribution in [0.5, 0.6) is 5.75 Å². The first kappa shape index (κ1) is 14.3. The second-order valence-corrected chi connectivity index (χ2v) is 5.76. The topological polar surface area (TPSA) is 49.3 Å². The number of hydrogen-bond acceptors (Lipinski definition) is 2. The third kappa shape index (κ3) is 3.44. The Hall–Kier alpha value is -1.15. The molecule has 0 bridgehead atoms. The van der Waals surface area contributed by atoms with Gasteiger partial charge in [0, 0.05) is 10.0 Å². The largest absolute Gasteiger partial charge is 0.507 e. The van der Waals surface area contributed by atoms with Crippen LogP contribution in [0.2, 0.25) is 0 Å². The van der Waals surface area contributed by atoms with E-state index in [1.807, 2.05) is 22.6 Å². The molecule has 0 saturated heterocycles. The van der Waals surface area contributed by atoms with Crippen molar-refractivity contribution >= 4 is 50.1 Å². The molecule has 2 N–H and O–H groups in total. The average molecular weight is 436 g/mol. The Balaban J connectivity index is 2.23. The third-order valence-electron chi connectivity index (χ3n) is 2.39. The highest BCUT2D eigenvalue weighted by molar-refractivity contribution is 14.1. The van der Waals surface area contributed by atoms with Gasteiger partial charge >= 0.3 is 0 Å². The molecule has 0 spiro atoms. The maximum atomic E-state index is 12.9. The monoisotopic (exact) mass is 435 g/mol. The standard InChI is InChI=1S/C13H8BrFINO2/c14-9-6-8(15)2-4-11(9)17-13(19)7-1-3-10(16)12(18)5-7/h1-6,18H,(H,17,19). The van der Waals surface area contributed by atoms with Crippen LogP contribution in [0.4, 0.5) is 10.1 Å². The normalized spacial score (nSPS) is 10.3. The van der Waals surface area contributed by atoms with Gasteiger partial charge in [0.05, 0.1) is 9.26 Å². The molecule has 0 saturated carbocycles. The van der Waals surface area contributed by atoms with Gasteiger partial charge in [-0.05, 0) is 74.9 Å². The van der Waals surface area contributed by atoms with Crippen molar-refractivity contribution in [2.45, 2.75) is 0 Å². The van der Waals surface area contributed by atoms with Crippen LogP contribution in [0.15, 0.2) is 40.9 Å². The minimum absolute atomic E-state index is 0.0476. The highest BCUT2D eigenvalue weighted by Gasteiger charge is 2.10. The lowest BCUT2D eigenvalue weighted by atomic mass is 10.2. The average Bonchev–Trinajstić information content (AvgIpc) is 2.36. The highest BCUT2D eigenvalue weighted by atomic mass is 127. The molecule has 0 aliphatic heterocycles. The quantitative estimate of drug-likeness (QED) is 0.696. The molecule has 0 aliphatic rings. The zero-order chi connectivity index (χ0) is 14.0. The summed E-state index contributed by atoms with van der Waals surface area (Å²) in [5.41, 5.74) is 0.790. The first-order valence-electron chi connectivity index (χ1n) is 5.22. The number of halogens is 3. The van der Waals surface area contributed by atoms with E-state index in [2.05, 4.69) is 21.2 Å². The third-order valence-corrected chi connectivity index (χ3v) is 3.96. The fourth-order valence-electron chi connectivity index (χ4n) is 1.44. The van der Waals surface area contributed by atoms with E-state index < -0.39 is 5.82 Å². The predicted molar refractivity (Wildman–Crippen MR) is 82.9 cm³/mol. The molecule has 98 valence electrons. The van der Waals surface area contributed by atoms with Gasteiger partial charge in [-0.15, -0.1) is 0 Å². The number of aromatic hydroxyl groups is 1. The van der Waals surface area contributed by atoms with Gasteiger partial charge in [-0.25, -0.2) is 4.39 Å². The predicted octanol–water partition coefficient (Wildman–Crippen LogP) is 4.15. The minimum atomic E-state index is -0.392. The van der Waals surface area contributed by atoms with E-state index in [4.69, 9.17) is 0 Å². The molecule has 0 radical (unpaired) electrons. The number of nitrogens with one attached hydrogen (secondary N) is 1. The molecule has 2 aromatic carbocycles. The minimum Gasteiger partial charge on any atom is -0.507 e. The van der Waals surface area contributed by atoms with Crippen LogP contribution in [0.1, 0.15) is 10.4 Å². The van der Waals surface area contributed by atoms with Gasteiger partial charge in [0.25, 0.3) is 5.91 Å². The number of carbonyl (C=O) groups is 1. The summed E-state index contributed by atoms with van der Waals surface area (Å²) in [6.07, 6.45) is 0. The Bertz CT molecular complexity index is 649. The van der Waals surface area contributed by atoms with Crippen LogP contribution in [0, 0.1) is 9.39 Å². The van der Waals surface area contributed by atoms with Gasteiger partial charge in [-0.2, -0.15) is 0 Å². The molecule has 2 aromatic rings. The van der Waals surface area contributed by atoms with Gasteiger partial charge in [0.15, 0.2) is 0 Å². The summed E-state index contributed by atoms with van der Waals surface area (Å²) in [4.78, 5) is 12.0. The van der Waals surface area contributed by atoms with Crippen LogP contribution >= 0.6 is 38.5 Å². The van der Waals surface area contributed by atoms with Crippen LogP contribution in [0.25, 0.3) is 0 Å². The molecular formula is C13H8BrFINO2. The second-order valence-electron chi connectivity index (χ2n) is 3.74. The van der Waals surface area contributed by atoms with E-state index in [-0.39, 0.29) is 11.7 Å². The Morgan fingerprint density at radius 2 is 2.00 bits per heavy atom. The smallest absolute Gasteiger partial charge is 0.255 e. The van der Waals surface area contributed by atoms with Crippen LogP contribution in [-0.4, -0.2) is 11.0 Å². The number of phenolic OH excluding ortho intramolecular Hbond substituents is 1. The van der Waals surface area contributed by atoms with Crippen LogP contribution in [-0.2, 0) is 0 Å². The highest BCUT2D eigenvalue weighted by Crippen LogP contribution is 2.25. The lowest BCUT2D eigenvalue weighted by Crippen LogP contribution is -2.12. The number of benzene rings is 2. The molecule has 6 heteroatoms. The maximum absolute atomic E-state index is 12.9. The van der Waals surface area contributed by atoms with E-state index >= 15 is 0 Å². The zero-order valence-corrected chi connectivity index (χ0v) is 13.2. The fraction of sp³-hybridized carbons (Fsp3) is 0.